The molecule has 0 amide bonds. The molecule has 1 aliphatic rings. The van der Waals surface area contributed by atoms with E-state index in [4.69, 9.17) is 9.15 Å². The van der Waals surface area contributed by atoms with E-state index in [2.05, 4.69) is 20.0 Å². The van der Waals surface area contributed by atoms with E-state index in [1.165, 1.54) is 13.4 Å². The van der Waals surface area contributed by atoms with Crippen molar-refractivity contribution < 1.29 is 13.9 Å². The zero-order valence-electron chi connectivity index (χ0n) is 14.0. The summed E-state index contributed by atoms with van der Waals surface area (Å²) in [5, 5.41) is 8.20. The molecule has 1 unspecified atom stereocenters. The summed E-state index contributed by atoms with van der Waals surface area (Å²) in [6, 6.07) is 6.12. The SMILES string of the molecule is COC(=O)c1occc1CN(C)CC1CCCN1c1cccnn1. The molecule has 2 aromatic heterocycles. The summed E-state index contributed by atoms with van der Waals surface area (Å²) < 4.78 is 10.00. The number of hydrogen-bond donors (Lipinski definition) is 0. The van der Waals surface area contributed by atoms with Crippen molar-refractivity contribution in [3.63, 3.8) is 0 Å². The molecule has 0 saturated carbocycles. The number of hydrogen-bond acceptors (Lipinski definition) is 7. The Hall–Kier alpha value is -2.41. The van der Waals surface area contributed by atoms with Crippen molar-refractivity contribution in [1.82, 2.24) is 15.1 Å². The minimum absolute atomic E-state index is 0.279. The van der Waals surface area contributed by atoms with E-state index in [1.54, 1.807) is 6.20 Å². The van der Waals surface area contributed by atoms with Crippen molar-refractivity contribution in [2.24, 2.45) is 0 Å². The largest absolute Gasteiger partial charge is 0.463 e. The van der Waals surface area contributed by atoms with Gasteiger partial charge in [0.1, 0.15) is 0 Å². The summed E-state index contributed by atoms with van der Waals surface area (Å²) in [7, 11) is 3.40. The molecule has 128 valence electrons. The molecule has 1 aliphatic heterocycles. The lowest BCUT2D eigenvalue weighted by Crippen LogP contribution is -2.39. The second kappa shape index (κ2) is 7.44. The van der Waals surface area contributed by atoms with Gasteiger partial charge in [-0.2, -0.15) is 5.10 Å². The first-order valence-electron chi connectivity index (χ1n) is 8.06. The van der Waals surface area contributed by atoms with Crippen LogP contribution in [0.4, 0.5) is 5.82 Å². The van der Waals surface area contributed by atoms with Crippen LogP contribution in [0.5, 0.6) is 0 Å². The first-order valence-corrected chi connectivity index (χ1v) is 8.06. The van der Waals surface area contributed by atoms with E-state index in [1.807, 2.05) is 25.2 Å². The topological polar surface area (TPSA) is 71.7 Å². The lowest BCUT2D eigenvalue weighted by Gasteiger charge is -2.29. The maximum atomic E-state index is 11.7. The Kier molecular flexibility index (Phi) is 5.10. The first kappa shape index (κ1) is 16.4. The van der Waals surface area contributed by atoms with Crippen molar-refractivity contribution in [2.75, 3.05) is 32.1 Å². The zero-order chi connectivity index (χ0) is 16.9. The molecule has 1 atom stereocenters. The molecule has 7 heteroatoms. The van der Waals surface area contributed by atoms with Crippen LogP contribution in [0.3, 0.4) is 0 Å². The predicted octanol–water partition coefficient (Wildman–Crippen LogP) is 1.96. The van der Waals surface area contributed by atoms with E-state index in [0.717, 1.165) is 37.3 Å². The highest BCUT2D eigenvalue weighted by molar-refractivity contribution is 5.87. The Morgan fingerprint density at radius 2 is 2.38 bits per heavy atom. The second-order valence-electron chi connectivity index (χ2n) is 6.03. The highest BCUT2D eigenvalue weighted by Crippen LogP contribution is 2.24. The van der Waals surface area contributed by atoms with Gasteiger partial charge in [0.2, 0.25) is 5.76 Å². The van der Waals surface area contributed by atoms with Crippen LogP contribution in [0.2, 0.25) is 0 Å². The van der Waals surface area contributed by atoms with Crippen LogP contribution in [0, 0.1) is 0 Å². The Balaban J connectivity index is 1.63. The Morgan fingerprint density at radius 1 is 1.50 bits per heavy atom. The van der Waals surface area contributed by atoms with Gasteiger partial charge in [-0.3, -0.25) is 4.90 Å². The molecule has 1 fully saturated rings. The fourth-order valence-corrected chi connectivity index (χ4v) is 3.22. The molecule has 24 heavy (non-hydrogen) atoms. The molecule has 0 aromatic carbocycles. The Morgan fingerprint density at radius 3 is 3.12 bits per heavy atom. The first-order chi connectivity index (χ1) is 11.7. The van der Waals surface area contributed by atoms with Gasteiger partial charge in [0, 0.05) is 37.4 Å². The maximum absolute atomic E-state index is 11.7. The number of carbonyl (C=O) groups excluding carboxylic acids is 1. The fraction of sp³-hybridized carbons (Fsp3) is 0.471. The maximum Gasteiger partial charge on any atom is 0.374 e. The van der Waals surface area contributed by atoms with Gasteiger partial charge in [-0.15, -0.1) is 5.10 Å². The quantitative estimate of drug-likeness (QED) is 0.750. The molecule has 1 saturated heterocycles. The molecule has 0 aliphatic carbocycles. The van der Waals surface area contributed by atoms with E-state index in [0.29, 0.717) is 12.6 Å². The highest BCUT2D eigenvalue weighted by atomic mass is 16.5. The molecule has 0 N–H and O–H groups in total. The summed E-state index contributed by atoms with van der Waals surface area (Å²) in [6.45, 7) is 2.50. The molecule has 7 nitrogen and oxygen atoms in total. The number of methoxy groups -OCH3 is 1. The molecular weight excluding hydrogens is 308 g/mol. The predicted molar refractivity (Wildman–Crippen MR) is 88.8 cm³/mol. The van der Waals surface area contributed by atoms with E-state index >= 15 is 0 Å². The van der Waals surface area contributed by atoms with Crippen molar-refractivity contribution >= 4 is 11.8 Å². The van der Waals surface area contributed by atoms with Crippen LogP contribution in [0.25, 0.3) is 0 Å². The summed E-state index contributed by atoms with van der Waals surface area (Å²) in [6.07, 6.45) is 5.48. The normalized spacial score (nSPS) is 17.5. The van der Waals surface area contributed by atoms with Crippen molar-refractivity contribution in [3.05, 3.63) is 42.0 Å². The molecular formula is C17H22N4O3. The third kappa shape index (κ3) is 3.56. The fourth-order valence-electron chi connectivity index (χ4n) is 3.22. The lowest BCUT2D eigenvalue weighted by atomic mass is 10.2. The van der Waals surface area contributed by atoms with E-state index < -0.39 is 5.97 Å². The van der Waals surface area contributed by atoms with E-state index in [-0.39, 0.29) is 5.76 Å². The van der Waals surface area contributed by atoms with Gasteiger partial charge in [0.15, 0.2) is 5.82 Å². The van der Waals surface area contributed by atoms with Crippen LogP contribution in [0.15, 0.2) is 35.1 Å². The zero-order valence-corrected chi connectivity index (χ0v) is 14.0. The summed E-state index contributed by atoms with van der Waals surface area (Å²) in [5.74, 6) is 0.763. The number of nitrogens with zero attached hydrogens (tertiary/aromatic N) is 4. The average Bonchev–Trinajstić information content (AvgIpc) is 3.24. The third-order valence-corrected chi connectivity index (χ3v) is 4.31. The Labute approximate surface area is 141 Å². The minimum atomic E-state index is -0.439. The second-order valence-corrected chi connectivity index (χ2v) is 6.03. The standard InChI is InChI=1S/C17H22N4O3/c1-20(11-13-7-10-24-16(13)17(22)23-2)12-14-5-4-9-21(14)15-6-3-8-18-19-15/h3,6-8,10,14H,4-5,9,11-12H2,1-2H3. The molecule has 3 heterocycles. The van der Waals surface area contributed by atoms with Gasteiger partial charge in [-0.1, -0.05) is 0 Å². The molecule has 0 spiro atoms. The van der Waals surface area contributed by atoms with Crippen LogP contribution < -0.4 is 4.90 Å². The molecule has 2 aromatic rings. The summed E-state index contributed by atoms with van der Waals surface area (Å²) in [5.41, 5.74) is 0.841. The van der Waals surface area contributed by atoms with Gasteiger partial charge in [-0.05, 0) is 38.1 Å². The number of rotatable bonds is 6. The number of likely N-dealkylation sites (N-methyl/N-ethyl adjacent to an activating group) is 1. The summed E-state index contributed by atoms with van der Waals surface area (Å²) in [4.78, 5) is 16.2. The summed E-state index contributed by atoms with van der Waals surface area (Å²) >= 11 is 0. The number of carbonyl (C=O) groups is 1. The molecule has 0 bridgehead atoms. The number of anilines is 1. The molecule has 0 radical (unpaired) electrons. The van der Waals surface area contributed by atoms with Crippen molar-refractivity contribution in [1.29, 1.82) is 0 Å². The van der Waals surface area contributed by atoms with Crippen molar-refractivity contribution in [3.8, 4) is 0 Å². The van der Waals surface area contributed by atoms with Crippen molar-refractivity contribution in [2.45, 2.75) is 25.4 Å². The Bertz CT molecular complexity index is 673. The number of esters is 1. The van der Waals surface area contributed by atoms with Gasteiger partial charge in [0.25, 0.3) is 0 Å². The minimum Gasteiger partial charge on any atom is -0.463 e. The van der Waals surface area contributed by atoms with Crippen LogP contribution >= 0.6 is 0 Å². The monoisotopic (exact) mass is 330 g/mol. The van der Waals surface area contributed by atoms with Gasteiger partial charge >= 0.3 is 5.97 Å². The van der Waals surface area contributed by atoms with Crippen LogP contribution in [-0.2, 0) is 11.3 Å². The number of furan rings is 1. The van der Waals surface area contributed by atoms with Crippen LogP contribution in [0.1, 0.15) is 29.0 Å². The smallest absolute Gasteiger partial charge is 0.374 e. The van der Waals surface area contributed by atoms with Gasteiger partial charge in [0.05, 0.1) is 13.4 Å². The van der Waals surface area contributed by atoms with Gasteiger partial charge < -0.3 is 14.1 Å². The third-order valence-electron chi connectivity index (χ3n) is 4.31. The van der Waals surface area contributed by atoms with Crippen LogP contribution in [-0.4, -0.2) is 54.4 Å². The van der Waals surface area contributed by atoms with E-state index in [9.17, 15) is 4.79 Å². The van der Waals surface area contributed by atoms with Gasteiger partial charge in [-0.25, -0.2) is 4.79 Å². The molecule has 3 rings (SSSR count). The number of aromatic nitrogens is 2. The highest BCUT2D eigenvalue weighted by Gasteiger charge is 2.27. The average molecular weight is 330 g/mol. The number of ether oxygens (including phenoxy) is 1. The lowest BCUT2D eigenvalue weighted by molar-refractivity contribution is 0.0562.